The van der Waals surface area contributed by atoms with E-state index >= 15 is 0 Å². The molecule has 0 aromatic carbocycles. The van der Waals surface area contributed by atoms with Crippen LogP contribution < -0.4 is 11.1 Å². The molecule has 0 saturated heterocycles. The standard InChI is InChI=1S/C15H28N2O2/c1-4-10(3)13(16)14(18)17-11-9-12(19-5-2)15(11)7-6-8-15/h10-13H,4-9,16H2,1-3H3,(H,17,18). The molecular formula is C15H28N2O2. The number of carbonyl (C=O) groups excluding carboxylic acids is 1. The van der Waals surface area contributed by atoms with Gasteiger partial charge in [-0.25, -0.2) is 0 Å². The summed E-state index contributed by atoms with van der Waals surface area (Å²) in [5, 5.41) is 3.17. The van der Waals surface area contributed by atoms with Crippen molar-refractivity contribution in [3.05, 3.63) is 0 Å². The second-order valence-electron chi connectivity index (χ2n) is 6.24. The fraction of sp³-hybridized carbons (Fsp3) is 0.933. The van der Waals surface area contributed by atoms with Crippen LogP contribution in [0.3, 0.4) is 0 Å². The lowest BCUT2D eigenvalue weighted by Gasteiger charge is -2.61. The lowest BCUT2D eigenvalue weighted by atomic mass is 9.51. The van der Waals surface area contributed by atoms with E-state index < -0.39 is 0 Å². The van der Waals surface area contributed by atoms with Crippen LogP contribution in [0.25, 0.3) is 0 Å². The molecule has 0 bridgehead atoms. The van der Waals surface area contributed by atoms with Crippen molar-refractivity contribution in [2.45, 2.75) is 71.1 Å². The molecule has 19 heavy (non-hydrogen) atoms. The number of amides is 1. The zero-order valence-electron chi connectivity index (χ0n) is 12.4. The van der Waals surface area contributed by atoms with Gasteiger partial charge in [-0.3, -0.25) is 4.79 Å². The molecule has 4 unspecified atom stereocenters. The summed E-state index contributed by atoms with van der Waals surface area (Å²) in [6.45, 7) is 6.91. The van der Waals surface area contributed by atoms with E-state index in [0.717, 1.165) is 19.4 Å². The van der Waals surface area contributed by atoms with Gasteiger partial charge in [-0.05, 0) is 32.1 Å². The lowest BCUT2D eigenvalue weighted by Crippen LogP contribution is -2.69. The van der Waals surface area contributed by atoms with Crippen molar-refractivity contribution < 1.29 is 9.53 Å². The molecule has 4 nitrogen and oxygen atoms in total. The third-order valence-electron chi connectivity index (χ3n) is 5.31. The molecule has 0 aliphatic heterocycles. The zero-order valence-corrected chi connectivity index (χ0v) is 12.4. The van der Waals surface area contributed by atoms with Crippen LogP contribution in [0, 0.1) is 11.3 Å². The smallest absolute Gasteiger partial charge is 0.237 e. The Morgan fingerprint density at radius 3 is 2.63 bits per heavy atom. The van der Waals surface area contributed by atoms with Gasteiger partial charge in [-0.15, -0.1) is 0 Å². The van der Waals surface area contributed by atoms with Crippen LogP contribution in [0.2, 0.25) is 0 Å². The molecular weight excluding hydrogens is 240 g/mol. The minimum atomic E-state index is -0.381. The number of ether oxygens (including phenoxy) is 1. The number of rotatable bonds is 6. The van der Waals surface area contributed by atoms with E-state index in [1.54, 1.807) is 0 Å². The normalized spacial score (nSPS) is 31.2. The molecule has 0 aromatic rings. The molecule has 110 valence electrons. The van der Waals surface area contributed by atoms with Gasteiger partial charge >= 0.3 is 0 Å². The van der Waals surface area contributed by atoms with E-state index in [4.69, 9.17) is 10.5 Å². The van der Waals surface area contributed by atoms with Crippen LogP contribution in [0.15, 0.2) is 0 Å². The molecule has 0 radical (unpaired) electrons. The van der Waals surface area contributed by atoms with E-state index in [9.17, 15) is 4.79 Å². The number of hydrogen-bond acceptors (Lipinski definition) is 3. The molecule has 2 aliphatic rings. The minimum Gasteiger partial charge on any atom is -0.378 e. The molecule has 2 saturated carbocycles. The molecule has 4 atom stereocenters. The summed E-state index contributed by atoms with van der Waals surface area (Å²) in [6.07, 6.45) is 5.85. The van der Waals surface area contributed by atoms with Crippen molar-refractivity contribution >= 4 is 5.91 Å². The summed E-state index contributed by atoms with van der Waals surface area (Å²) in [5.74, 6) is 0.251. The Labute approximate surface area is 116 Å². The van der Waals surface area contributed by atoms with Crippen LogP contribution in [0.5, 0.6) is 0 Å². The van der Waals surface area contributed by atoms with Gasteiger partial charge in [0.15, 0.2) is 0 Å². The van der Waals surface area contributed by atoms with Crippen LogP contribution in [0.1, 0.15) is 52.9 Å². The van der Waals surface area contributed by atoms with Crippen LogP contribution in [-0.2, 0) is 9.53 Å². The Bertz CT molecular complexity index is 328. The Kier molecular flexibility index (Phi) is 4.51. The van der Waals surface area contributed by atoms with Gasteiger partial charge in [0, 0.05) is 18.1 Å². The topological polar surface area (TPSA) is 64.3 Å². The van der Waals surface area contributed by atoms with E-state index in [1.165, 1.54) is 19.3 Å². The van der Waals surface area contributed by atoms with Crippen LogP contribution in [0.4, 0.5) is 0 Å². The number of hydrogen-bond donors (Lipinski definition) is 2. The van der Waals surface area contributed by atoms with Crippen LogP contribution in [-0.4, -0.2) is 30.7 Å². The van der Waals surface area contributed by atoms with E-state index in [2.05, 4.69) is 12.2 Å². The predicted molar refractivity (Wildman–Crippen MR) is 75.7 cm³/mol. The fourth-order valence-electron chi connectivity index (χ4n) is 3.42. The molecule has 0 aromatic heterocycles. The van der Waals surface area contributed by atoms with Crippen molar-refractivity contribution in [3.8, 4) is 0 Å². The van der Waals surface area contributed by atoms with Crippen molar-refractivity contribution in [2.75, 3.05) is 6.61 Å². The van der Waals surface area contributed by atoms with Gasteiger partial charge in [-0.2, -0.15) is 0 Å². The minimum absolute atomic E-state index is 0.0144. The highest BCUT2D eigenvalue weighted by Crippen LogP contribution is 2.57. The monoisotopic (exact) mass is 268 g/mol. The van der Waals surface area contributed by atoms with Gasteiger partial charge in [0.1, 0.15) is 0 Å². The molecule has 1 amide bonds. The summed E-state index contributed by atoms with van der Waals surface area (Å²) in [6, 6.07) is -0.103. The first-order chi connectivity index (χ1) is 9.05. The number of nitrogens with one attached hydrogen (secondary N) is 1. The Hall–Kier alpha value is -0.610. The molecule has 2 rings (SSSR count). The van der Waals surface area contributed by atoms with Gasteiger partial charge in [0.2, 0.25) is 5.91 Å². The highest BCUT2D eigenvalue weighted by atomic mass is 16.5. The molecule has 1 spiro atoms. The average molecular weight is 268 g/mol. The first-order valence-electron chi connectivity index (χ1n) is 7.72. The Morgan fingerprint density at radius 1 is 1.47 bits per heavy atom. The van der Waals surface area contributed by atoms with Gasteiger partial charge in [-0.1, -0.05) is 26.7 Å². The SMILES string of the molecule is CCOC1CC(NC(=O)C(N)C(C)CC)C12CCC2. The third-order valence-corrected chi connectivity index (χ3v) is 5.31. The largest absolute Gasteiger partial charge is 0.378 e. The maximum absolute atomic E-state index is 12.2. The molecule has 2 fully saturated rings. The van der Waals surface area contributed by atoms with E-state index in [0.29, 0.717) is 6.10 Å². The second-order valence-corrected chi connectivity index (χ2v) is 6.24. The first kappa shape index (κ1) is 14.8. The van der Waals surface area contributed by atoms with Crippen molar-refractivity contribution in [2.24, 2.45) is 17.1 Å². The van der Waals surface area contributed by atoms with E-state index in [1.807, 2.05) is 13.8 Å². The predicted octanol–water partition coefficient (Wildman–Crippen LogP) is 1.82. The van der Waals surface area contributed by atoms with Crippen LogP contribution >= 0.6 is 0 Å². The number of carbonyl (C=O) groups is 1. The van der Waals surface area contributed by atoms with Crippen molar-refractivity contribution in [1.82, 2.24) is 5.32 Å². The lowest BCUT2D eigenvalue weighted by molar-refractivity contribution is -0.176. The number of nitrogens with two attached hydrogens (primary N) is 1. The first-order valence-corrected chi connectivity index (χ1v) is 7.72. The molecule has 0 heterocycles. The summed E-state index contributed by atoms with van der Waals surface area (Å²) < 4.78 is 5.79. The highest BCUT2D eigenvalue weighted by Gasteiger charge is 2.59. The molecule has 2 aliphatic carbocycles. The Morgan fingerprint density at radius 2 is 2.16 bits per heavy atom. The summed E-state index contributed by atoms with van der Waals surface area (Å²) in [5.41, 5.74) is 6.22. The summed E-state index contributed by atoms with van der Waals surface area (Å²) >= 11 is 0. The quantitative estimate of drug-likeness (QED) is 0.772. The third kappa shape index (κ3) is 2.52. The maximum atomic E-state index is 12.2. The van der Waals surface area contributed by atoms with Gasteiger partial charge in [0.25, 0.3) is 0 Å². The molecule has 3 N–H and O–H groups in total. The fourth-order valence-corrected chi connectivity index (χ4v) is 3.42. The molecule has 4 heteroatoms. The zero-order chi connectivity index (χ0) is 14.0. The summed E-state index contributed by atoms with van der Waals surface area (Å²) in [4.78, 5) is 12.2. The van der Waals surface area contributed by atoms with Gasteiger partial charge < -0.3 is 15.8 Å². The average Bonchev–Trinajstić information content (AvgIpc) is 2.33. The highest BCUT2D eigenvalue weighted by molar-refractivity contribution is 5.82. The van der Waals surface area contributed by atoms with Gasteiger partial charge in [0.05, 0.1) is 12.1 Å². The van der Waals surface area contributed by atoms with Crippen molar-refractivity contribution in [1.29, 1.82) is 0 Å². The summed E-state index contributed by atoms with van der Waals surface area (Å²) in [7, 11) is 0. The maximum Gasteiger partial charge on any atom is 0.237 e. The van der Waals surface area contributed by atoms with Crippen molar-refractivity contribution in [3.63, 3.8) is 0 Å². The van der Waals surface area contributed by atoms with E-state index in [-0.39, 0.29) is 29.3 Å². The second kappa shape index (κ2) is 5.80. The Balaban J connectivity index is 1.89.